The van der Waals surface area contributed by atoms with Crippen molar-refractivity contribution in [3.05, 3.63) is 0 Å². The summed E-state index contributed by atoms with van der Waals surface area (Å²) in [6.45, 7) is 7.54. The van der Waals surface area contributed by atoms with Gasteiger partial charge in [0.15, 0.2) is 0 Å². The van der Waals surface area contributed by atoms with E-state index in [1.54, 1.807) is 35.2 Å². The number of nitrogens with one attached hydrogen (secondary N) is 5. The predicted molar refractivity (Wildman–Crippen MR) is 227 cm³/mol. The van der Waals surface area contributed by atoms with Crippen molar-refractivity contribution in [1.29, 1.82) is 0 Å². The van der Waals surface area contributed by atoms with E-state index in [2.05, 4.69) is 26.6 Å². The summed E-state index contributed by atoms with van der Waals surface area (Å²) >= 11 is 0. The topological polar surface area (TPSA) is 264 Å². The molecule has 20 nitrogen and oxygen atoms in total. The molecule has 0 heterocycles. The van der Waals surface area contributed by atoms with Crippen LogP contribution < -0.4 is 26.6 Å². The highest BCUT2D eigenvalue weighted by atomic mass is 31.2. The third-order valence-corrected chi connectivity index (χ3v) is 10.9. The van der Waals surface area contributed by atoms with E-state index in [1.807, 2.05) is 0 Å². The molecule has 3 atom stereocenters. The highest BCUT2D eigenvalue weighted by Gasteiger charge is 2.26. The zero-order valence-corrected chi connectivity index (χ0v) is 38.1. The first-order chi connectivity index (χ1) is 29.3. The molecule has 0 aliphatic heterocycles. The molecule has 0 saturated carbocycles. The van der Waals surface area contributed by atoms with Gasteiger partial charge in [-0.15, -0.1) is 0 Å². The summed E-state index contributed by atoms with van der Waals surface area (Å²) in [4.78, 5) is 87.2. The largest absolute Gasteiger partial charge is 0.382 e. The Balaban J connectivity index is 5.16. The standard InChI is InChI=1S/C40H76N5O15P/c1-32(2)61(52,53)60-21-9-7-6-8-17-41-36(47)11-10-12-38(49)45-35(40(51)44-20-24-59-30-27-56-5)15-14-34(46)31-33(39(50)43-19-23-58-29-26-55-4)13-16-37(48)42-18-22-57-28-25-54-3/h32-33,35H,6-31H2,1-5H3,(H,41,47)(H,42,48)(H,43,50)(H,44,51)(H,45,49)(H,52,53). The number of amides is 5. The first-order valence-electron chi connectivity index (χ1n) is 21.3. The minimum absolute atomic E-state index is 0.00826. The first-order valence-corrected chi connectivity index (χ1v) is 23.0. The number of rotatable bonds is 42. The molecular formula is C40H76N5O15P. The second kappa shape index (κ2) is 38.6. The first kappa shape index (κ1) is 57.9. The Hall–Kier alpha value is -3.07. The Bertz CT molecular complexity index is 1260. The predicted octanol–water partition coefficient (Wildman–Crippen LogP) is 1.40. The third-order valence-electron chi connectivity index (χ3n) is 9.01. The van der Waals surface area contributed by atoms with Gasteiger partial charge in [0.25, 0.3) is 0 Å². The van der Waals surface area contributed by atoms with E-state index >= 15 is 0 Å². The van der Waals surface area contributed by atoms with E-state index in [1.165, 1.54) is 0 Å². The summed E-state index contributed by atoms with van der Waals surface area (Å²) in [6.07, 6.45) is 2.96. The minimum atomic E-state index is -3.57. The number of methoxy groups -OCH3 is 3. The second-order valence-corrected chi connectivity index (χ2v) is 16.9. The van der Waals surface area contributed by atoms with Crippen LogP contribution in [-0.2, 0) is 66.3 Å². The van der Waals surface area contributed by atoms with Crippen LogP contribution in [-0.4, -0.2) is 165 Å². The fourth-order valence-corrected chi connectivity index (χ4v) is 6.03. The van der Waals surface area contributed by atoms with Crippen LogP contribution in [0.5, 0.6) is 0 Å². The van der Waals surface area contributed by atoms with Crippen LogP contribution in [0.1, 0.15) is 90.9 Å². The van der Waals surface area contributed by atoms with Crippen LogP contribution in [0, 0.1) is 5.92 Å². The normalized spacial score (nSPS) is 13.2. The number of unbranched alkanes of at least 4 members (excludes halogenated alkanes) is 3. The van der Waals surface area contributed by atoms with Gasteiger partial charge in [0.2, 0.25) is 29.5 Å². The van der Waals surface area contributed by atoms with Crippen LogP contribution in [0.2, 0.25) is 0 Å². The maximum absolute atomic E-state index is 13.3. The van der Waals surface area contributed by atoms with E-state index in [4.69, 9.17) is 32.9 Å². The zero-order valence-electron chi connectivity index (χ0n) is 37.2. The van der Waals surface area contributed by atoms with Crippen LogP contribution in [0.3, 0.4) is 0 Å². The summed E-state index contributed by atoms with van der Waals surface area (Å²) in [7, 11) is 1.08. The van der Waals surface area contributed by atoms with Gasteiger partial charge in [-0.05, 0) is 32.1 Å². The quantitative estimate of drug-likeness (QED) is 0.0374. The van der Waals surface area contributed by atoms with Gasteiger partial charge >= 0.3 is 7.60 Å². The van der Waals surface area contributed by atoms with Gasteiger partial charge in [-0.2, -0.15) is 0 Å². The molecule has 0 rings (SSSR count). The highest BCUT2D eigenvalue weighted by Crippen LogP contribution is 2.47. The smallest absolute Gasteiger partial charge is 0.330 e. The molecule has 356 valence electrons. The van der Waals surface area contributed by atoms with E-state index in [0.29, 0.717) is 59.2 Å². The number of ether oxygens (including phenoxy) is 6. The maximum atomic E-state index is 13.3. The van der Waals surface area contributed by atoms with Crippen molar-refractivity contribution in [2.24, 2.45) is 5.92 Å². The van der Waals surface area contributed by atoms with E-state index in [0.717, 1.165) is 19.3 Å². The van der Waals surface area contributed by atoms with Gasteiger partial charge in [0, 0.05) is 85.5 Å². The van der Waals surface area contributed by atoms with Crippen molar-refractivity contribution in [3.63, 3.8) is 0 Å². The van der Waals surface area contributed by atoms with Gasteiger partial charge < -0.3 is 64.4 Å². The molecule has 0 aromatic carbocycles. The van der Waals surface area contributed by atoms with Crippen molar-refractivity contribution in [3.8, 4) is 0 Å². The lowest BCUT2D eigenvalue weighted by Crippen LogP contribution is -2.47. The molecule has 61 heavy (non-hydrogen) atoms. The van der Waals surface area contributed by atoms with E-state index in [-0.39, 0.29) is 108 Å². The summed E-state index contributed by atoms with van der Waals surface area (Å²) in [5.74, 6) is -3.07. The summed E-state index contributed by atoms with van der Waals surface area (Å²) in [5.41, 5.74) is -0.454. The Morgan fingerprint density at radius 2 is 1.03 bits per heavy atom. The maximum Gasteiger partial charge on any atom is 0.330 e. The molecule has 0 aromatic rings. The molecule has 0 aromatic heterocycles. The lowest BCUT2D eigenvalue weighted by molar-refractivity contribution is -0.131. The Labute approximate surface area is 362 Å². The molecule has 0 aliphatic rings. The molecular weight excluding hydrogens is 821 g/mol. The van der Waals surface area contributed by atoms with Gasteiger partial charge in [0.05, 0.1) is 71.7 Å². The van der Waals surface area contributed by atoms with Crippen molar-refractivity contribution in [1.82, 2.24) is 26.6 Å². The number of Topliss-reactive ketones (excluding diaryl/α,β-unsaturated/α-hetero) is 1. The molecule has 0 saturated heterocycles. The zero-order chi connectivity index (χ0) is 45.6. The van der Waals surface area contributed by atoms with Crippen LogP contribution >= 0.6 is 7.60 Å². The SMILES string of the molecule is COCCOCCNC(=O)CCC(CC(=O)CCC(NC(=O)CCCC(=O)NCCCCCCOP(=O)(O)C(C)C)C(=O)NCCOCCOC)C(=O)NCCOCCOC. The van der Waals surface area contributed by atoms with Gasteiger partial charge in [-0.25, -0.2) is 0 Å². The average Bonchev–Trinajstić information content (AvgIpc) is 3.22. The van der Waals surface area contributed by atoms with Crippen molar-refractivity contribution >= 4 is 42.9 Å². The number of ketones is 1. The lowest BCUT2D eigenvalue weighted by atomic mass is 9.93. The molecule has 0 radical (unpaired) electrons. The summed E-state index contributed by atoms with van der Waals surface area (Å²) in [5, 5.41) is 13.7. The molecule has 0 spiro atoms. The highest BCUT2D eigenvalue weighted by molar-refractivity contribution is 7.53. The summed E-state index contributed by atoms with van der Waals surface area (Å²) in [6, 6.07) is -1.07. The molecule has 5 amide bonds. The fraction of sp³-hybridized carbons (Fsp3) is 0.850. The van der Waals surface area contributed by atoms with Gasteiger partial charge in [0.1, 0.15) is 11.8 Å². The van der Waals surface area contributed by atoms with Crippen molar-refractivity contribution in [2.75, 3.05) is 114 Å². The van der Waals surface area contributed by atoms with Crippen molar-refractivity contribution < 1.29 is 71.2 Å². The third kappa shape index (κ3) is 34.1. The molecule has 0 bridgehead atoms. The fourth-order valence-electron chi connectivity index (χ4n) is 5.34. The molecule has 3 unspecified atom stereocenters. The second-order valence-electron chi connectivity index (χ2n) is 14.5. The lowest BCUT2D eigenvalue weighted by Gasteiger charge is -2.20. The van der Waals surface area contributed by atoms with Gasteiger partial charge in [-0.1, -0.05) is 26.7 Å². The van der Waals surface area contributed by atoms with E-state index < -0.39 is 42.9 Å². The van der Waals surface area contributed by atoms with E-state index in [9.17, 15) is 38.2 Å². The number of hydrogen-bond acceptors (Lipinski definition) is 14. The van der Waals surface area contributed by atoms with Crippen LogP contribution in [0.25, 0.3) is 0 Å². The monoisotopic (exact) mass is 898 g/mol. The Kier molecular flexibility index (Phi) is 36.7. The number of hydrogen-bond donors (Lipinski definition) is 6. The van der Waals surface area contributed by atoms with Crippen molar-refractivity contribution in [2.45, 2.75) is 103 Å². The number of carbonyl (C=O) groups excluding carboxylic acids is 6. The molecule has 0 aliphatic carbocycles. The average molecular weight is 898 g/mol. The Morgan fingerprint density at radius 3 is 1.61 bits per heavy atom. The Morgan fingerprint density at radius 1 is 0.525 bits per heavy atom. The minimum Gasteiger partial charge on any atom is -0.382 e. The van der Waals surface area contributed by atoms with Gasteiger partial charge in [-0.3, -0.25) is 33.3 Å². The molecule has 0 fully saturated rings. The van der Waals surface area contributed by atoms with Crippen LogP contribution in [0.15, 0.2) is 0 Å². The number of carbonyl (C=O) groups is 6. The molecule has 6 N–H and O–H groups in total. The summed E-state index contributed by atoms with van der Waals surface area (Å²) < 4.78 is 47.9. The van der Waals surface area contributed by atoms with Crippen LogP contribution in [0.4, 0.5) is 0 Å². The molecule has 21 heteroatoms.